The van der Waals surface area contributed by atoms with Gasteiger partial charge in [-0.3, -0.25) is 0 Å². The van der Waals surface area contributed by atoms with Crippen molar-refractivity contribution in [2.75, 3.05) is 17.2 Å². The van der Waals surface area contributed by atoms with Gasteiger partial charge < -0.3 is 10.6 Å². The van der Waals surface area contributed by atoms with Gasteiger partial charge in [0, 0.05) is 24.0 Å². The number of benzene rings is 1. The lowest BCUT2D eigenvalue weighted by molar-refractivity contribution is 1.05. The number of hydrogen-bond acceptors (Lipinski definition) is 4. The van der Waals surface area contributed by atoms with Crippen molar-refractivity contribution in [1.29, 1.82) is 0 Å². The van der Waals surface area contributed by atoms with Crippen molar-refractivity contribution in [3.8, 4) is 0 Å². The first kappa shape index (κ1) is 13.3. The summed E-state index contributed by atoms with van der Waals surface area (Å²) in [6, 6.07) is 8.16. The maximum absolute atomic E-state index is 4.46. The van der Waals surface area contributed by atoms with Gasteiger partial charge in [0.25, 0.3) is 0 Å². The number of aromatic nitrogens is 2. The molecule has 0 aliphatic heterocycles. The molecule has 100 valence electrons. The fourth-order valence-electron chi connectivity index (χ4n) is 1.89. The summed E-state index contributed by atoms with van der Waals surface area (Å²) in [6.45, 7) is 9.03. The Labute approximate surface area is 114 Å². The maximum Gasteiger partial charge on any atom is 0.224 e. The van der Waals surface area contributed by atoms with Crippen LogP contribution in [-0.4, -0.2) is 16.5 Å². The highest BCUT2D eigenvalue weighted by atomic mass is 15.1. The number of nitrogens with one attached hydrogen (secondary N) is 2. The van der Waals surface area contributed by atoms with E-state index in [9.17, 15) is 0 Å². The third-order valence-electron chi connectivity index (χ3n) is 3.06. The van der Waals surface area contributed by atoms with Crippen molar-refractivity contribution in [2.24, 2.45) is 0 Å². The van der Waals surface area contributed by atoms with Gasteiger partial charge in [-0.1, -0.05) is 12.1 Å². The number of rotatable bonds is 4. The highest BCUT2D eigenvalue weighted by Crippen LogP contribution is 2.22. The lowest BCUT2D eigenvalue weighted by Crippen LogP contribution is -2.05. The van der Waals surface area contributed by atoms with E-state index in [4.69, 9.17) is 0 Å². The molecule has 0 aliphatic carbocycles. The molecule has 4 nitrogen and oxygen atoms in total. The van der Waals surface area contributed by atoms with Crippen LogP contribution in [-0.2, 0) is 0 Å². The summed E-state index contributed by atoms with van der Waals surface area (Å²) in [4.78, 5) is 8.80. The van der Waals surface area contributed by atoms with E-state index >= 15 is 0 Å². The smallest absolute Gasteiger partial charge is 0.224 e. The molecule has 1 aromatic heterocycles. The highest BCUT2D eigenvalue weighted by Gasteiger charge is 2.04. The Morgan fingerprint density at radius 1 is 1.11 bits per heavy atom. The Morgan fingerprint density at radius 2 is 1.89 bits per heavy atom. The molecule has 1 heterocycles. The average Bonchev–Trinajstić information content (AvgIpc) is 2.35. The Hall–Kier alpha value is -2.10. The minimum atomic E-state index is 0.662. The van der Waals surface area contributed by atoms with Gasteiger partial charge >= 0.3 is 0 Å². The Bertz CT molecular complexity index is 578. The second-order valence-electron chi connectivity index (χ2n) is 4.62. The molecule has 0 atom stereocenters. The van der Waals surface area contributed by atoms with Crippen molar-refractivity contribution in [1.82, 2.24) is 9.97 Å². The van der Waals surface area contributed by atoms with E-state index in [1.165, 1.54) is 11.1 Å². The molecule has 2 aromatic rings. The van der Waals surface area contributed by atoms with E-state index in [-0.39, 0.29) is 0 Å². The molecule has 0 aliphatic rings. The number of hydrogen-bond donors (Lipinski definition) is 2. The number of aryl methyl sites for hydroxylation is 2. The zero-order valence-corrected chi connectivity index (χ0v) is 11.9. The zero-order chi connectivity index (χ0) is 13.8. The molecule has 0 saturated carbocycles. The van der Waals surface area contributed by atoms with Crippen LogP contribution in [0.25, 0.3) is 0 Å². The van der Waals surface area contributed by atoms with E-state index in [1.807, 2.05) is 26.0 Å². The van der Waals surface area contributed by atoms with Gasteiger partial charge in [-0.15, -0.1) is 0 Å². The molecule has 0 unspecified atom stereocenters. The molecular formula is C15H20N4. The van der Waals surface area contributed by atoms with Crippen molar-refractivity contribution >= 4 is 17.5 Å². The number of nitrogens with zero attached hydrogens (tertiary/aromatic N) is 2. The first-order valence-electron chi connectivity index (χ1n) is 6.53. The first-order chi connectivity index (χ1) is 9.10. The molecular weight excluding hydrogens is 236 g/mol. The van der Waals surface area contributed by atoms with Gasteiger partial charge in [-0.25, -0.2) is 4.98 Å². The van der Waals surface area contributed by atoms with Gasteiger partial charge in [0.2, 0.25) is 5.95 Å². The Kier molecular flexibility index (Phi) is 4.00. The standard InChI is InChI=1S/C15H20N4/c1-5-16-15-17-11(3)9-14(19-15)18-13-8-6-7-10(2)12(13)4/h6-9H,5H2,1-4H3,(H2,16,17,18,19). The van der Waals surface area contributed by atoms with Crippen LogP contribution in [0.2, 0.25) is 0 Å². The second kappa shape index (κ2) is 5.69. The highest BCUT2D eigenvalue weighted by molar-refractivity contribution is 5.62. The van der Waals surface area contributed by atoms with Crippen LogP contribution in [0.1, 0.15) is 23.7 Å². The average molecular weight is 256 g/mol. The predicted molar refractivity (Wildman–Crippen MR) is 80.1 cm³/mol. The Balaban J connectivity index is 2.30. The van der Waals surface area contributed by atoms with Gasteiger partial charge in [0.05, 0.1) is 0 Å². The summed E-state index contributed by atoms with van der Waals surface area (Å²) >= 11 is 0. The van der Waals surface area contributed by atoms with Crippen LogP contribution in [0.4, 0.5) is 17.5 Å². The predicted octanol–water partition coefficient (Wildman–Crippen LogP) is 3.58. The largest absolute Gasteiger partial charge is 0.354 e. The third kappa shape index (κ3) is 3.22. The summed E-state index contributed by atoms with van der Waals surface area (Å²) in [7, 11) is 0. The van der Waals surface area contributed by atoms with E-state index in [0.29, 0.717) is 5.95 Å². The van der Waals surface area contributed by atoms with Crippen molar-refractivity contribution in [3.63, 3.8) is 0 Å². The van der Waals surface area contributed by atoms with Crippen LogP contribution in [0.5, 0.6) is 0 Å². The monoisotopic (exact) mass is 256 g/mol. The van der Waals surface area contributed by atoms with E-state index in [1.54, 1.807) is 0 Å². The molecule has 0 radical (unpaired) electrons. The summed E-state index contributed by atoms with van der Waals surface area (Å²) < 4.78 is 0. The second-order valence-corrected chi connectivity index (χ2v) is 4.62. The Morgan fingerprint density at radius 3 is 2.63 bits per heavy atom. The van der Waals surface area contributed by atoms with Crippen LogP contribution in [0.3, 0.4) is 0 Å². The molecule has 0 fully saturated rings. The maximum atomic E-state index is 4.46. The minimum absolute atomic E-state index is 0.662. The first-order valence-corrected chi connectivity index (χ1v) is 6.53. The van der Waals surface area contributed by atoms with Gasteiger partial charge in [0.1, 0.15) is 5.82 Å². The minimum Gasteiger partial charge on any atom is -0.354 e. The van der Waals surface area contributed by atoms with Gasteiger partial charge in [-0.2, -0.15) is 4.98 Å². The molecule has 1 aromatic carbocycles. The van der Waals surface area contributed by atoms with Crippen molar-refractivity contribution in [2.45, 2.75) is 27.7 Å². The molecule has 0 bridgehead atoms. The van der Waals surface area contributed by atoms with Crippen LogP contribution >= 0.6 is 0 Å². The van der Waals surface area contributed by atoms with Crippen LogP contribution in [0.15, 0.2) is 24.3 Å². The summed E-state index contributed by atoms with van der Waals surface area (Å²) in [5.74, 6) is 1.48. The zero-order valence-electron chi connectivity index (χ0n) is 11.9. The van der Waals surface area contributed by atoms with Gasteiger partial charge in [-0.05, 0) is 44.9 Å². The van der Waals surface area contributed by atoms with Crippen LogP contribution in [0, 0.1) is 20.8 Å². The van der Waals surface area contributed by atoms with Gasteiger partial charge in [0.15, 0.2) is 0 Å². The SMILES string of the molecule is CCNc1nc(C)cc(Nc2cccc(C)c2C)n1. The molecule has 2 N–H and O–H groups in total. The van der Waals surface area contributed by atoms with E-state index < -0.39 is 0 Å². The quantitative estimate of drug-likeness (QED) is 0.878. The van der Waals surface area contributed by atoms with E-state index in [2.05, 4.69) is 46.6 Å². The summed E-state index contributed by atoms with van der Waals surface area (Å²) in [5.41, 5.74) is 4.53. The summed E-state index contributed by atoms with van der Waals surface area (Å²) in [5, 5.41) is 6.50. The van der Waals surface area contributed by atoms with E-state index in [0.717, 1.165) is 23.7 Å². The topological polar surface area (TPSA) is 49.8 Å². The lowest BCUT2D eigenvalue weighted by atomic mass is 10.1. The summed E-state index contributed by atoms with van der Waals surface area (Å²) in [6.07, 6.45) is 0. The fourth-order valence-corrected chi connectivity index (χ4v) is 1.89. The molecule has 2 rings (SSSR count). The molecule has 0 spiro atoms. The normalized spacial score (nSPS) is 10.3. The number of anilines is 3. The lowest BCUT2D eigenvalue weighted by Gasteiger charge is -2.12. The molecule has 4 heteroatoms. The molecule has 19 heavy (non-hydrogen) atoms. The van der Waals surface area contributed by atoms with Crippen molar-refractivity contribution < 1.29 is 0 Å². The van der Waals surface area contributed by atoms with Crippen molar-refractivity contribution in [3.05, 3.63) is 41.1 Å². The molecule has 0 amide bonds. The van der Waals surface area contributed by atoms with Crippen LogP contribution < -0.4 is 10.6 Å². The third-order valence-corrected chi connectivity index (χ3v) is 3.06. The molecule has 0 saturated heterocycles. The fraction of sp³-hybridized carbons (Fsp3) is 0.333.